The molecule has 1 aromatic rings. The van der Waals surface area contributed by atoms with Gasteiger partial charge in [-0.2, -0.15) is 0 Å². The van der Waals surface area contributed by atoms with Gasteiger partial charge in [-0.05, 0) is 24.8 Å². The van der Waals surface area contributed by atoms with Crippen molar-refractivity contribution in [1.82, 2.24) is 9.80 Å². The summed E-state index contributed by atoms with van der Waals surface area (Å²) in [7, 11) is 0. The monoisotopic (exact) mass is 358 g/mol. The molecule has 6 heteroatoms. The molecule has 0 aromatic heterocycles. The third kappa shape index (κ3) is 3.08. The van der Waals surface area contributed by atoms with Gasteiger partial charge in [0.1, 0.15) is 6.04 Å². The number of nitrogens with zero attached hydrogens (tertiary/aromatic N) is 2. The average Bonchev–Trinajstić information content (AvgIpc) is 3.35. The van der Waals surface area contributed by atoms with Crippen LogP contribution in [0, 0.1) is 5.92 Å². The Morgan fingerprint density at radius 1 is 1.16 bits per heavy atom. The molecule has 0 radical (unpaired) electrons. The number of thioether (sulfide) groups is 1. The number of carbonyl (C=O) groups excluding carboxylic acids is 3. The Labute approximate surface area is 151 Å². The van der Waals surface area contributed by atoms with Crippen LogP contribution in [-0.4, -0.2) is 58.2 Å². The molecule has 0 bridgehead atoms. The van der Waals surface area contributed by atoms with Gasteiger partial charge in [-0.3, -0.25) is 14.4 Å². The number of ketones is 1. The van der Waals surface area contributed by atoms with Gasteiger partial charge in [-0.15, -0.1) is 11.8 Å². The second-order valence-electron chi connectivity index (χ2n) is 7.04. The van der Waals surface area contributed by atoms with E-state index in [9.17, 15) is 14.4 Å². The summed E-state index contributed by atoms with van der Waals surface area (Å²) >= 11 is 1.62. The number of rotatable bonds is 3. The Kier molecular flexibility index (Phi) is 4.54. The molecule has 3 aliphatic rings. The highest BCUT2D eigenvalue weighted by molar-refractivity contribution is 7.99. The van der Waals surface area contributed by atoms with Gasteiger partial charge in [0.2, 0.25) is 11.8 Å². The Balaban J connectivity index is 1.42. The van der Waals surface area contributed by atoms with Gasteiger partial charge in [-0.1, -0.05) is 24.3 Å². The molecule has 2 atom stereocenters. The van der Waals surface area contributed by atoms with Gasteiger partial charge < -0.3 is 9.80 Å². The molecule has 2 aliphatic heterocycles. The van der Waals surface area contributed by atoms with Crippen molar-refractivity contribution in [3.05, 3.63) is 35.4 Å². The number of carbonyl (C=O) groups is 3. The van der Waals surface area contributed by atoms with Gasteiger partial charge >= 0.3 is 0 Å². The number of hydrogen-bond acceptors (Lipinski definition) is 4. The van der Waals surface area contributed by atoms with Gasteiger partial charge in [0.05, 0.1) is 5.88 Å². The molecular weight excluding hydrogens is 336 g/mol. The molecule has 2 amide bonds. The van der Waals surface area contributed by atoms with Gasteiger partial charge in [-0.25, -0.2) is 0 Å². The topological polar surface area (TPSA) is 57.7 Å². The Hall–Kier alpha value is -1.82. The lowest BCUT2D eigenvalue weighted by molar-refractivity contribution is -0.143. The van der Waals surface area contributed by atoms with Crippen LogP contribution in [0.4, 0.5) is 0 Å². The summed E-state index contributed by atoms with van der Waals surface area (Å²) in [5.74, 6) is 1.03. The Morgan fingerprint density at radius 2 is 1.92 bits per heavy atom. The molecule has 2 saturated heterocycles. The molecular formula is C19H22N2O3S. The van der Waals surface area contributed by atoms with Crippen LogP contribution in [0.5, 0.6) is 0 Å². The van der Waals surface area contributed by atoms with Crippen LogP contribution in [0.25, 0.3) is 0 Å². The number of hydrogen-bond donors (Lipinski definition) is 0. The van der Waals surface area contributed by atoms with Crippen molar-refractivity contribution < 1.29 is 14.4 Å². The summed E-state index contributed by atoms with van der Waals surface area (Å²) < 4.78 is 0. The third-order valence-corrected chi connectivity index (χ3v) is 6.46. The fraction of sp³-hybridized carbons (Fsp3) is 0.526. The first-order valence-corrected chi connectivity index (χ1v) is 10.1. The number of amides is 2. The maximum atomic E-state index is 12.8. The molecule has 1 aromatic carbocycles. The standard InChI is InChI=1S/C19H22N2O3S/c22-17(10-14-9-13-5-1-2-6-15(13)18(14)23)21-12-25-11-16(21)19(24)20-7-3-4-8-20/h1-2,5-6,14,16H,3-4,7-12H2/t14?,16-/m0/s1. The quantitative estimate of drug-likeness (QED) is 0.829. The number of fused-ring (bicyclic) bond motifs is 1. The second kappa shape index (κ2) is 6.83. The lowest BCUT2D eigenvalue weighted by Gasteiger charge is -2.27. The molecule has 25 heavy (non-hydrogen) atoms. The van der Waals surface area contributed by atoms with E-state index in [0.717, 1.165) is 37.1 Å². The van der Waals surface area contributed by atoms with Crippen molar-refractivity contribution in [2.45, 2.75) is 31.7 Å². The fourth-order valence-corrected chi connectivity index (χ4v) is 5.22. The largest absolute Gasteiger partial charge is 0.341 e. The van der Waals surface area contributed by atoms with Crippen molar-refractivity contribution in [1.29, 1.82) is 0 Å². The van der Waals surface area contributed by atoms with E-state index in [4.69, 9.17) is 0 Å². The minimum Gasteiger partial charge on any atom is -0.341 e. The lowest BCUT2D eigenvalue weighted by atomic mass is 10.00. The summed E-state index contributed by atoms with van der Waals surface area (Å²) in [4.78, 5) is 41.6. The first-order chi connectivity index (χ1) is 12.1. The van der Waals surface area contributed by atoms with E-state index in [1.165, 1.54) is 0 Å². The van der Waals surface area contributed by atoms with Gasteiger partial charge in [0, 0.05) is 36.7 Å². The zero-order chi connectivity index (χ0) is 17.4. The Bertz CT molecular complexity index is 714. The molecule has 4 rings (SSSR count). The van der Waals surface area contributed by atoms with Gasteiger partial charge in [0.15, 0.2) is 5.78 Å². The maximum absolute atomic E-state index is 12.8. The molecule has 2 heterocycles. The minimum absolute atomic E-state index is 0.0614. The van der Waals surface area contributed by atoms with Crippen LogP contribution in [0.15, 0.2) is 24.3 Å². The van der Waals surface area contributed by atoms with E-state index >= 15 is 0 Å². The zero-order valence-corrected chi connectivity index (χ0v) is 15.0. The predicted molar refractivity (Wildman–Crippen MR) is 96.4 cm³/mol. The summed E-state index contributed by atoms with van der Waals surface area (Å²) in [6.07, 6.45) is 2.94. The van der Waals surface area contributed by atoms with Crippen LogP contribution in [-0.2, 0) is 16.0 Å². The summed E-state index contributed by atoms with van der Waals surface area (Å²) in [5, 5.41) is 0. The molecule has 2 fully saturated rings. The summed E-state index contributed by atoms with van der Waals surface area (Å²) in [5.41, 5.74) is 1.78. The molecule has 132 valence electrons. The van der Waals surface area contributed by atoms with Crippen LogP contribution in [0.2, 0.25) is 0 Å². The van der Waals surface area contributed by atoms with E-state index < -0.39 is 0 Å². The molecule has 5 nitrogen and oxygen atoms in total. The smallest absolute Gasteiger partial charge is 0.246 e. The normalized spacial score (nSPS) is 25.5. The third-order valence-electron chi connectivity index (χ3n) is 5.45. The van der Waals surface area contributed by atoms with E-state index in [-0.39, 0.29) is 36.0 Å². The molecule has 0 saturated carbocycles. The zero-order valence-electron chi connectivity index (χ0n) is 14.1. The second-order valence-corrected chi connectivity index (χ2v) is 8.04. The predicted octanol–water partition coefficient (Wildman–Crippen LogP) is 1.96. The highest BCUT2D eigenvalue weighted by atomic mass is 32.2. The first kappa shape index (κ1) is 16.6. The Morgan fingerprint density at radius 3 is 2.68 bits per heavy atom. The number of benzene rings is 1. The van der Waals surface area contributed by atoms with E-state index in [1.807, 2.05) is 29.2 Å². The molecule has 0 spiro atoms. The van der Waals surface area contributed by atoms with Crippen molar-refractivity contribution in [3.63, 3.8) is 0 Å². The summed E-state index contributed by atoms with van der Waals surface area (Å²) in [6, 6.07) is 7.24. The van der Waals surface area contributed by atoms with E-state index in [2.05, 4.69) is 0 Å². The van der Waals surface area contributed by atoms with Crippen LogP contribution >= 0.6 is 11.8 Å². The van der Waals surface area contributed by atoms with E-state index in [0.29, 0.717) is 18.1 Å². The highest BCUT2D eigenvalue weighted by Crippen LogP contribution is 2.31. The van der Waals surface area contributed by atoms with E-state index in [1.54, 1.807) is 16.7 Å². The number of likely N-dealkylation sites (tertiary alicyclic amines) is 1. The number of Topliss-reactive ketones (excluding diaryl/α,β-unsaturated/α-hetero) is 1. The van der Waals surface area contributed by atoms with Crippen molar-refractivity contribution in [3.8, 4) is 0 Å². The molecule has 1 unspecified atom stereocenters. The summed E-state index contributed by atoms with van der Waals surface area (Å²) in [6.45, 7) is 1.61. The van der Waals surface area contributed by atoms with Crippen LogP contribution in [0.3, 0.4) is 0 Å². The molecule has 1 aliphatic carbocycles. The lowest BCUT2D eigenvalue weighted by Crippen LogP contribution is -2.48. The van der Waals surface area contributed by atoms with Crippen LogP contribution < -0.4 is 0 Å². The van der Waals surface area contributed by atoms with Crippen molar-refractivity contribution in [2.24, 2.45) is 5.92 Å². The average molecular weight is 358 g/mol. The fourth-order valence-electron chi connectivity index (χ4n) is 4.05. The van der Waals surface area contributed by atoms with Crippen LogP contribution in [0.1, 0.15) is 35.2 Å². The maximum Gasteiger partial charge on any atom is 0.246 e. The SMILES string of the molecule is O=C1c2ccccc2CC1CC(=O)N1CSC[C@H]1C(=O)N1CCCC1. The van der Waals surface area contributed by atoms with Crippen molar-refractivity contribution in [2.75, 3.05) is 24.7 Å². The van der Waals surface area contributed by atoms with Gasteiger partial charge in [0.25, 0.3) is 0 Å². The highest BCUT2D eigenvalue weighted by Gasteiger charge is 2.40. The first-order valence-electron chi connectivity index (χ1n) is 8.93. The van der Waals surface area contributed by atoms with Crippen molar-refractivity contribution >= 4 is 29.4 Å². The molecule has 0 N–H and O–H groups in total. The minimum atomic E-state index is -0.352.